The van der Waals surface area contributed by atoms with E-state index in [0.717, 1.165) is 23.4 Å². The Morgan fingerprint density at radius 1 is 1.40 bits per heavy atom. The van der Waals surface area contributed by atoms with Gasteiger partial charge in [0.05, 0.1) is 5.69 Å². The number of carbonyl (C=O) groups is 1. The third kappa shape index (κ3) is 1.91. The molecule has 0 aliphatic carbocycles. The fourth-order valence-electron chi connectivity index (χ4n) is 2.00. The normalized spacial score (nSPS) is 21.1. The van der Waals surface area contributed by atoms with E-state index in [-0.39, 0.29) is 10.7 Å². The second kappa shape index (κ2) is 3.93. The number of aromatic nitrogens is 1. The van der Waals surface area contributed by atoms with Crippen molar-refractivity contribution in [2.75, 3.05) is 11.4 Å². The van der Waals surface area contributed by atoms with Crippen molar-refractivity contribution >= 4 is 27.5 Å². The van der Waals surface area contributed by atoms with Crippen molar-refractivity contribution in [3.8, 4) is 0 Å². The number of rotatable bonds is 1. The minimum Gasteiger partial charge on any atom is -0.311 e. The van der Waals surface area contributed by atoms with E-state index < -0.39 is 0 Å². The molecule has 0 N–H and O–H groups in total. The maximum absolute atomic E-state index is 11.8. The highest BCUT2D eigenvalue weighted by atomic mass is 79.9. The largest absolute Gasteiger partial charge is 0.311 e. The van der Waals surface area contributed by atoms with E-state index >= 15 is 0 Å². The summed E-state index contributed by atoms with van der Waals surface area (Å²) < 4.78 is 0. The number of hydrogen-bond acceptors (Lipinski definition) is 2. The van der Waals surface area contributed by atoms with E-state index in [0.29, 0.717) is 6.42 Å². The summed E-state index contributed by atoms with van der Waals surface area (Å²) in [6.07, 6.45) is 4.19. The first-order valence-corrected chi connectivity index (χ1v) is 5.87. The number of anilines is 1. The zero-order valence-corrected chi connectivity index (χ0v) is 10.4. The average molecular weight is 269 g/mol. The molecule has 2 rings (SSSR count). The van der Waals surface area contributed by atoms with Gasteiger partial charge in [0.1, 0.15) is 0 Å². The van der Waals surface area contributed by atoms with E-state index in [1.54, 1.807) is 12.4 Å². The van der Waals surface area contributed by atoms with Crippen LogP contribution in [-0.2, 0) is 4.79 Å². The van der Waals surface area contributed by atoms with Crippen LogP contribution >= 0.6 is 15.9 Å². The van der Waals surface area contributed by atoms with Crippen molar-refractivity contribution in [3.63, 3.8) is 0 Å². The number of aryl methyl sites for hydroxylation is 2. The highest BCUT2D eigenvalue weighted by Gasteiger charge is 2.30. The maximum atomic E-state index is 11.8. The van der Waals surface area contributed by atoms with Crippen molar-refractivity contribution in [2.45, 2.75) is 25.1 Å². The lowest BCUT2D eigenvalue weighted by molar-refractivity contribution is -0.117. The predicted octanol–water partition coefficient (Wildman–Crippen LogP) is 2.20. The van der Waals surface area contributed by atoms with Crippen LogP contribution in [0, 0.1) is 13.8 Å². The third-order valence-corrected chi connectivity index (χ3v) is 3.24. The van der Waals surface area contributed by atoms with E-state index in [1.165, 1.54) is 0 Å². The highest BCUT2D eigenvalue weighted by Crippen LogP contribution is 2.29. The zero-order chi connectivity index (χ0) is 11.0. The average Bonchev–Trinajstić information content (AvgIpc) is 2.45. The number of pyridine rings is 1. The fourth-order valence-corrected chi connectivity index (χ4v) is 2.57. The van der Waals surface area contributed by atoms with Gasteiger partial charge in [0.25, 0.3) is 0 Å². The van der Waals surface area contributed by atoms with Gasteiger partial charge in [0, 0.05) is 30.2 Å². The van der Waals surface area contributed by atoms with Gasteiger partial charge >= 0.3 is 0 Å². The lowest BCUT2D eigenvalue weighted by atomic mass is 10.1. The van der Waals surface area contributed by atoms with Crippen LogP contribution in [0.1, 0.15) is 17.5 Å². The first-order chi connectivity index (χ1) is 7.09. The first-order valence-electron chi connectivity index (χ1n) is 4.95. The quantitative estimate of drug-likeness (QED) is 0.732. The van der Waals surface area contributed by atoms with Gasteiger partial charge in [-0.1, -0.05) is 15.9 Å². The molecule has 2 heterocycles. The molecular formula is C11H13BrN2O. The Kier molecular flexibility index (Phi) is 2.78. The van der Waals surface area contributed by atoms with Crippen LogP contribution in [0.3, 0.4) is 0 Å². The van der Waals surface area contributed by atoms with Crippen LogP contribution in [-0.4, -0.2) is 22.3 Å². The van der Waals surface area contributed by atoms with E-state index in [4.69, 9.17) is 0 Å². The molecule has 0 radical (unpaired) electrons. The molecule has 3 nitrogen and oxygen atoms in total. The van der Waals surface area contributed by atoms with Gasteiger partial charge in [-0.2, -0.15) is 0 Å². The summed E-state index contributed by atoms with van der Waals surface area (Å²) in [6, 6.07) is 0. The van der Waals surface area contributed by atoms with Crippen LogP contribution in [0.2, 0.25) is 0 Å². The molecule has 1 aromatic heterocycles. The Hall–Kier alpha value is -0.900. The van der Waals surface area contributed by atoms with Gasteiger partial charge in [-0.15, -0.1) is 0 Å². The zero-order valence-electron chi connectivity index (χ0n) is 8.83. The molecule has 1 aliphatic rings. The lowest BCUT2D eigenvalue weighted by Crippen LogP contribution is -2.26. The monoisotopic (exact) mass is 268 g/mol. The number of hydrogen-bond donors (Lipinski definition) is 0. The van der Waals surface area contributed by atoms with Gasteiger partial charge < -0.3 is 4.90 Å². The molecule has 15 heavy (non-hydrogen) atoms. The number of amides is 1. The highest BCUT2D eigenvalue weighted by molar-refractivity contribution is 9.09. The Labute approximate surface area is 97.6 Å². The lowest BCUT2D eigenvalue weighted by Gasteiger charge is -2.20. The molecule has 0 spiro atoms. The van der Waals surface area contributed by atoms with Gasteiger partial charge in [-0.25, -0.2) is 0 Å². The van der Waals surface area contributed by atoms with Gasteiger partial charge in [-0.3, -0.25) is 9.78 Å². The van der Waals surface area contributed by atoms with Crippen LogP contribution in [0.4, 0.5) is 5.69 Å². The number of halogens is 1. The summed E-state index contributed by atoms with van der Waals surface area (Å²) in [6.45, 7) is 4.73. The summed E-state index contributed by atoms with van der Waals surface area (Å²) in [4.78, 5) is 18.0. The van der Waals surface area contributed by atoms with Gasteiger partial charge in [0.2, 0.25) is 5.91 Å². The summed E-state index contributed by atoms with van der Waals surface area (Å²) in [5.74, 6) is 0.189. The molecule has 1 saturated heterocycles. The van der Waals surface area contributed by atoms with Crippen LogP contribution < -0.4 is 4.90 Å². The summed E-state index contributed by atoms with van der Waals surface area (Å²) >= 11 is 3.49. The predicted molar refractivity (Wildman–Crippen MR) is 63.4 cm³/mol. The molecule has 1 amide bonds. The molecular weight excluding hydrogens is 256 g/mol. The second-order valence-corrected chi connectivity index (χ2v) is 5.22. The van der Waals surface area contributed by atoms with Crippen LogP contribution in [0.15, 0.2) is 12.4 Å². The minimum absolute atomic E-state index is 0.189. The summed E-state index contributed by atoms with van der Waals surface area (Å²) in [7, 11) is 0. The van der Waals surface area contributed by atoms with Crippen molar-refractivity contribution in [3.05, 3.63) is 23.5 Å². The molecule has 80 valence electrons. The Morgan fingerprint density at radius 2 is 2.00 bits per heavy atom. The summed E-state index contributed by atoms with van der Waals surface area (Å²) in [5.41, 5.74) is 3.15. The van der Waals surface area contributed by atoms with Crippen molar-refractivity contribution in [1.29, 1.82) is 0 Å². The van der Waals surface area contributed by atoms with Crippen LogP contribution in [0.25, 0.3) is 0 Å². The van der Waals surface area contributed by atoms with E-state index in [9.17, 15) is 4.79 Å². The van der Waals surface area contributed by atoms with Crippen LogP contribution in [0.5, 0.6) is 0 Å². The molecule has 0 saturated carbocycles. The fraction of sp³-hybridized carbons (Fsp3) is 0.455. The Balaban J connectivity index is 2.41. The number of carbonyl (C=O) groups excluding carboxylic acids is 1. The number of alkyl halides is 1. The number of nitrogens with zero attached hydrogens (tertiary/aromatic N) is 2. The molecule has 1 aromatic rings. The van der Waals surface area contributed by atoms with Crippen molar-refractivity contribution < 1.29 is 4.79 Å². The molecule has 4 heteroatoms. The molecule has 1 fully saturated rings. The summed E-state index contributed by atoms with van der Waals surface area (Å²) in [5, 5.41) is 0. The van der Waals surface area contributed by atoms with E-state index in [2.05, 4.69) is 20.9 Å². The Bertz CT molecular complexity index is 385. The molecule has 0 aromatic carbocycles. The van der Waals surface area contributed by atoms with Crippen molar-refractivity contribution in [2.24, 2.45) is 0 Å². The standard InChI is InChI=1S/C11H13BrN2O/c1-7-4-13-5-8(2)11(7)14-6-9(12)3-10(14)15/h4-5,9H,3,6H2,1-2H3. The maximum Gasteiger partial charge on any atom is 0.228 e. The van der Waals surface area contributed by atoms with E-state index in [1.807, 2.05) is 18.7 Å². The topological polar surface area (TPSA) is 33.2 Å². The molecule has 0 bridgehead atoms. The Morgan fingerprint density at radius 3 is 2.47 bits per heavy atom. The SMILES string of the molecule is Cc1cncc(C)c1N1CC(Br)CC1=O. The van der Waals surface area contributed by atoms with Gasteiger partial charge in [0.15, 0.2) is 0 Å². The second-order valence-electron chi connectivity index (χ2n) is 3.93. The van der Waals surface area contributed by atoms with Gasteiger partial charge in [-0.05, 0) is 25.0 Å². The van der Waals surface area contributed by atoms with Crippen molar-refractivity contribution in [1.82, 2.24) is 4.98 Å². The molecule has 1 aliphatic heterocycles. The molecule has 1 unspecified atom stereocenters. The third-order valence-electron chi connectivity index (χ3n) is 2.63. The molecule has 1 atom stereocenters. The minimum atomic E-state index is 0.189. The first kappa shape index (κ1) is 10.6. The smallest absolute Gasteiger partial charge is 0.228 e.